The summed E-state index contributed by atoms with van der Waals surface area (Å²) in [7, 11) is 1.49. The number of ether oxygens (including phenoxy) is 1. The van der Waals surface area contributed by atoms with Crippen LogP contribution >= 0.6 is 12.2 Å². The molecule has 5 rings (SSSR count). The number of rotatable bonds is 6. The van der Waals surface area contributed by atoms with Crippen molar-refractivity contribution in [1.82, 2.24) is 14.9 Å². The molecule has 2 unspecified atom stereocenters. The van der Waals surface area contributed by atoms with E-state index in [-0.39, 0.29) is 23.6 Å². The van der Waals surface area contributed by atoms with Gasteiger partial charge in [0.15, 0.2) is 5.11 Å². The van der Waals surface area contributed by atoms with Gasteiger partial charge in [0.05, 0.1) is 41.6 Å². The van der Waals surface area contributed by atoms with E-state index in [1.165, 1.54) is 25.3 Å². The predicted molar refractivity (Wildman–Crippen MR) is 148 cm³/mol. The average Bonchev–Trinajstić information content (AvgIpc) is 3.40. The smallest absolute Gasteiger partial charge is 0.273 e. The number of pyridine rings is 1. The van der Waals surface area contributed by atoms with Crippen LogP contribution in [0.3, 0.4) is 0 Å². The minimum atomic E-state index is -0.446. The van der Waals surface area contributed by atoms with E-state index < -0.39 is 4.92 Å². The van der Waals surface area contributed by atoms with Crippen LogP contribution < -0.4 is 15.0 Å². The number of non-ortho nitro benzene ring substituents is 1. The molecule has 8 nitrogen and oxygen atoms in total. The fraction of sp³-hybridized carbons (Fsp3) is 0.214. The van der Waals surface area contributed by atoms with E-state index in [0.29, 0.717) is 22.1 Å². The average molecular weight is 532 g/mol. The molecule has 4 aromatic rings. The topological polar surface area (TPSA) is 85.5 Å². The van der Waals surface area contributed by atoms with Crippen molar-refractivity contribution in [3.8, 4) is 11.4 Å². The monoisotopic (exact) mass is 531 g/mol. The van der Waals surface area contributed by atoms with Gasteiger partial charge in [-0.05, 0) is 86.6 Å². The Morgan fingerprint density at radius 2 is 1.89 bits per heavy atom. The Morgan fingerprint density at radius 3 is 2.55 bits per heavy atom. The van der Waals surface area contributed by atoms with Crippen molar-refractivity contribution < 1.29 is 14.1 Å². The van der Waals surface area contributed by atoms with E-state index in [2.05, 4.69) is 16.4 Å². The van der Waals surface area contributed by atoms with Crippen molar-refractivity contribution in [1.29, 1.82) is 0 Å². The molecule has 2 aromatic heterocycles. The van der Waals surface area contributed by atoms with E-state index in [4.69, 9.17) is 17.0 Å². The Kier molecular flexibility index (Phi) is 6.58. The summed E-state index contributed by atoms with van der Waals surface area (Å²) in [6.45, 7) is 5.69. The highest BCUT2D eigenvalue weighted by molar-refractivity contribution is 7.80. The van der Waals surface area contributed by atoms with Crippen LogP contribution in [0.15, 0.2) is 66.9 Å². The normalized spacial score (nSPS) is 17.0. The standard InChI is InChI=1S/C28H26FN5O3S/c1-16-13-19(8-10-22(16)29)33-27(26(31-28(33)38)23-7-5-6-12-30-23)21-14-17(2)32(18(21)3)24-11-9-20(34(35)36)15-25(24)37-4/h5-15,26-27H,1-4H3,(H,31,38). The van der Waals surface area contributed by atoms with Gasteiger partial charge in [0.1, 0.15) is 11.6 Å². The number of nitrogens with zero attached hydrogens (tertiary/aromatic N) is 4. The van der Waals surface area contributed by atoms with Crippen LogP contribution in [-0.4, -0.2) is 26.7 Å². The van der Waals surface area contributed by atoms with Crippen molar-refractivity contribution in [3.05, 3.63) is 111 Å². The molecule has 1 fully saturated rings. The van der Waals surface area contributed by atoms with Gasteiger partial charge in [-0.2, -0.15) is 0 Å². The number of hydrogen-bond donors (Lipinski definition) is 1. The highest BCUT2D eigenvalue weighted by atomic mass is 32.1. The van der Waals surface area contributed by atoms with Crippen LogP contribution in [0.4, 0.5) is 15.8 Å². The maximum atomic E-state index is 14.2. The van der Waals surface area contributed by atoms with Crippen molar-refractivity contribution in [2.24, 2.45) is 0 Å². The number of anilines is 1. The number of benzene rings is 2. The van der Waals surface area contributed by atoms with E-state index >= 15 is 0 Å². The van der Waals surface area contributed by atoms with Crippen LogP contribution in [-0.2, 0) is 0 Å². The lowest BCUT2D eigenvalue weighted by molar-refractivity contribution is -0.384. The number of methoxy groups -OCH3 is 1. The molecule has 0 aliphatic carbocycles. The second kappa shape index (κ2) is 9.86. The second-order valence-electron chi connectivity index (χ2n) is 9.21. The van der Waals surface area contributed by atoms with E-state index in [0.717, 1.165) is 28.3 Å². The first-order chi connectivity index (χ1) is 18.2. The molecule has 1 aliphatic rings. The van der Waals surface area contributed by atoms with Gasteiger partial charge in [-0.3, -0.25) is 15.1 Å². The molecule has 2 aromatic carbocycles. The summed E-state index contributed by atoms with van der Waals surface area (Å²) in [5.74, 6) is 0.105. The molecule has 194 valence electrons. The molecular weight excluding hydrogens is 505 g/mol. The summed E-state index contributed by atoms with van der Waals surface area (Å²) in [6, 6.07) is 16.8. The Balaban J connectivity index is 1.69. The van der Waals surface area contributed by atoms with Gasteiger partial charge in [0, 0.05) is 29.3 Å². The van der Waals surface area contributed by atoms with Gasteiger partial charge in [-0.1, -0.05) is 6.07 Å². The van der Waals surface area contributed by atoms with Gasteiger partial charge >= 0.3 is 0 Å². The molecule has 0 amide bonds. The first kappa shape index (κ1) is 25.3. The fourth-order valence-electron chi connectivity index (χ4n) is 5.15. The summed E-state index contributed by atoms with van der Waals surface area (Å²) in [4.78, 5) is 17.5. The zero-order chi connectivity index (χ0) is 27.1. The highest BCUT2D eigenvalue weighted by Gasteiger charge is 2.42. The first-order valence-corrected chi connectivity index (χ1v) is 12.4. The lowest BCUT2D eigenvalue weighted by Crippen LogP contribution is -2.29. The third-order valence-corrected chi connectivity index (χ3v) is 7.24. The number of aromatic nitrogens is 2. The quantitative estimate of drug-likeness (QED) is 0.185. The van der Waals surface area contributed by atoms with Crippen LogP contribution in [0, 0.1) is 36.7 Å². The molecule has 38 heavy (non-hydrogen) atoms. The van der Waals surface area contributed by atoms with Gasteiger partial charge in [0.2, 0.25) is 0 Å². The zero-order valence-electron chi connectivity index (χ0n) is 21.3. The van der Waals surface area contributed by atoms with Crippen LogP contribution in [0.5, 0.6) is 5.75 Å². The van der Waals surface area contributed by atoms with E-state index in [1.54, 1.807) is 31.3 Å². The molecule has 10 heteroatoms. The van der Waals surface area contributed by atoms with Gasteiger partial charge in [0.25, 0.3) is 5.69 Å². The molecule has 0 saturated carbocycles. The fourth-order valence-corrected chi connectivity index (χ4v) is 5.50. The van der Waals surface area contributed by atoms with Crippen molar-refractivity contribution >= 4 is 28.7 Å². The Morgan fingerprint density at radius 1 is 1.11 bits per heavy atom. The maximum Gasteiger partial charge on any atom is 0.273 e. The molecule has 0 bridgehead atoms. The van der Waals surface area contributed by atoms with Gasteiger partial charge < -0.3 is 19.5 Å². The number of halogens is 1. The minimum absolute atomic E-state index is 0.0494. The lowest BCUT2D eigenvalue weighted by atomic mass is 9.96. The molecule has 1 saturated heterocycles. The van der Waals surface area contributed by atoms with Gasteiger partial charge in [-0.15, -0.1) is 0 Å². The third kappa shape index (κ3) is 4.26. The highest BCUT2D eigenvalue weighted by Crippen LogP contribution is 2.44. The third-order valence-electron chi connectivity index (χ3n) is 6.92. The second-order valence-corrected chi connectivity index (χ2v) is 9.59. The summed E-state index contributed by atoms with van der Waals surface area (Å²) >= 11 is 5.81. The molecule has 1 N–H and O–H groups in total. The van der Waals surface area contributed by atoms with Crippen LogP contribution in [0.25, 0.3) is 5.69 Å². The number of thiocarbonyl (C=S) groups is 1. The number of aryl methyl sites for hydroxylation is 2. The maximum absolute atomic E-state index is 14.2. The van der Waals surface area contributed by atoms with E-state index in [9.17, 15) is 14.5 Å². The van der Waals surface area contributed by atoms with Crippen molar-refractivity contribution in [2.75, 3.05) is 12.0 Å². The predicted octanol–water partition coefficient (Wildman–Crippen LogP) is 6.03. The van der Waals surface area contributed by atoms with Crippen LogP contribution in [0.1, 0.15) is 40.3 Å². The molecule has 1 aliphatic heterocycles. The molecule has 0 spiro atoms. The summed E-state index contributed by atoms with van der Waals surface area (Å²) in [5.41, 5.74) is 5.55. The summed E-state index contributed by atoms with van der Waals surface area (Å²) in [5, 5.41) is 15.3. The number of hydrogen-bond acceptors (Lipinski definition) is 5. The van der Waals surface area contributed by atoms with Crippen LogP contribution in [0.2, 0.25) is 0 Å². The Bertz CT molecular complexity index is 1560. The SMILES string of the molecule is COc1cc([N+](=O)[O-])ccc1-n1c(C)cc(C2C(c3ccccn3)NC(=S)N2c2ccc(F)c(C)c2)c1C. The van der Waals surface area contributed by atoms with Gasteiger partial charge in [-0.25, -0.2) is 4.39 Å². The van der Waals surface area contributed by atoms with E-state index in [1.807, 2.05) is 41.5 Å². The molecule has 0 radical (unpaired) electrons. The minimum Gasteiger partial charge on any atom is -0.494 e. The number of nitro groups is 1. The first-order valence-electron chi connectivity index (χ1n) is 12.0. The van der Waals surface area contributed by atoms with Crippen molar-refractivity contribution in [3.63, 3.8) is 0 Å². The Hall–Kier alpha value is -4.31. The summed E-state index contributed by atoms with van der Waals surface area (Å²) in [6.07, 6.45) is 1.74. The molecular formula is C28H26FN5O3S. The molecule has 2 atom stereocenters. The summed E-state index contributed by atoms with van der Waals surface area (Å²) < 4.78 is 21.7. The zero-order valence-corrected chi connectivity index (χ0v) is 22.1. The molecule has 3 heterocycles. The number of nitrogens with one attached hydrogen (secondary N) is 1. The van der Waals surface area contributed by atoms with Crippen molar-refractivity contribution in [2.45, 2.75) is 32.9 Å². The largest absolute Gasteiger partial charge is 0.494 e. The Labute approximate surface area is 224 Å². The number of nitro benzene ring substituents is 1. The lowest BCUT2D eigenvalue weighted by Gasteiger charge is -2.28.